The zero-order valence-electron chi connectivity index (χ0n) is 13.8. The molecule has 0 radical (unpaired) electrons. The lowest BCUT2D eigenvalue weighted by Gasteiger charge is -2.08. The zero-order valence-corrected chi connectivity index (χ0v) is 15.4. The highest BCUT2D eigenvalue weighted by atomic mass is 32.2. The molecule has 1 N–H and O–H groups in total. The smallest absolute Gasteiger partial charge is 0.252 e. The minimum absolute atomic E-state index is 0.131. The molecule has 0 bridgehead atoms. The number of benzene rings is 1. The van der Waals surface area contributed by atoms with Crippen molar-refractivity contribution in [3.63, 3.8) is 0 Å². The molecule has 2 rings (SSSR count). The highest BCUT2D eigenvalue weighted by Crippen LogP contribution is 2.23. The van der Waals surface area contributed by atoms with Gasteiger partial charge in [-0.15, -0.1) is 11.3 Å². The molecular formula is C16H20N2O4S2. The van der Waals surface area contributed by atoms with Crippen molar-refractivity contribution >= 4 is 27.3 Å². The first kappa shape index (κ1) is 18.4. The van der Waals surface area contributed by atoms with Gasteiger partial charge >= 0.3 is 0 Å². The minimum atomic E-state index is -3.43. The summed E-state index contributed by atoms with van der Waals surface area (Å²) in [7, 11) is 1.13. The number of ether oxygens (including phenoxy) is 1. The van der Waals surface area contributed by atoms with E-state index in [1.807, 2.05) is 24.3 Å². The fraction of sp³-hybridized carbons (Fsp3) is 0.312. The number of hydrogen-bond donors (Lipinski definition) is 1. The maximum absolute atomic E-state index is 12.0. The SMILES string of the molecule is COc1cccc(CC(=O)NCc2ccc(S(=O)(=O)N(C)C)s2)c1. The van der Waals surface area contributed by atoms with Crippen LogP contribution in [0.4, 0.5) is 0 Å². The van der Waals surface area contributed by atoms with Crippen molar-refractivity contribution in [1.29, 1.82) is 0 Å². The van der Waals surface area contributed by atoms with Gasteiger partial charge < -0.3 is 10.1 Å². The molecule has 0 saturated carbocycles. The van der Waals surface area contributed by atoms with Crippen LogP contribution >= 0.6 is 11.3 Å². The van der Waals surface area contributed by atoms with E-state index in [0.29, 0.717) is 12.3 Å². The van der Waals surface area contributed by atoms with Gasteiger partial charge in [0.15, 0.2) is 0 Å². The molecule has 1 aromatic heterocycles. The Hall–Kier alpha value is -1.90. The second-order valence-corrected chi connectivity index (χ2v) is 8.86. The normalized spacial score (nSPS) is 11.5. The molecule has 1 amide bonds. The molecule has 0 spiro atoms. The summed E-state index contributed by atoms with van der Waals surface area (Å²) < 4.78 is 30.6. The highest BCUT2D eigenvalue weighted by Gasteiger charge is 2.19. The summed E-state index contributed by atoms with van der Waals surface area (Å²) in [5.74, 6) is 0.575. The van der Waals surface area contributed by atoms with E-state index >= 15 is 0 Å². The van der Waals surface area contributed by atoms with Gasteiger partial charge in [-0.1, -0.05) is 12.1 Å². The van der Waals surface area contributed by atoms with Crippen molar-refractivity contribution in [3.05, 3.63) is 46.8 Å². The van der Waals surface area contributed by atoms with Gasteiger partial charge in [-0.3, -0.25) is 4.79 Å². The van der Waals surface area contributed by atoms with Crippen LogP contribution < -0.4 is 10.1 Å². The van der Waals surface area contributed by atoms with Crippen molar-refractivity contribution in [3.8, 4) is 5.75 Å². The van der Waals surface area contributed by atoms with Crippen molar-refractivity contribution in [2.75, 3.05) is 21.2 Å². The Labute approximate surface area is 146 Å². The number of rotatable bonds is 7. The Morgan fingerprint density at radius 1 is 1.25 bits per heavy atom. The van der Waals surface area contributed by atoms with Crippen LogP contribution in [0.1, 0.15) is 10.4 Å². The number of methoxy groups -OCH3 is 1. The lowest BCUT2D eigenvalue weighted by molar-refractivity contribution is -0.120. The van der Waals surface area contributed by atoms with Gasteiger partial charge in [0.25, 0.3) is 10.0 Å². The van der Waals surface area contributed by atoms with Crippen molar-refractivity contribution in [2.24, 2.45) is 0 Å². The molecule has 6 nitrogen and oxygen atoms in total. The summed E-state index contributed by atoms with van der Waals surface area (Å²) in [6, 6.07) is 10.6. The molecule has 8 heteroatoms. The Bertz CT molecular complexity index is 813. The quantitative estimate of drug-likeness (QED) is 0.809. The molecule has 24 heavy (non-hydrogen) atoms. The average Bonchev–Trinajstić information content (AvgIpc) is 3.02. The van der Waals surface area contributed by atoms with E-state index in [2.05, 4.69) is 5.32 Å². The van der Waals surface area contributed by atoms with E-state index in [9.17, 15) is 13.2 Å². The van der Waals surface area contributed by atoms with Gasteiger partial charge in [-0.05, 0) is 29.8 Å². The fourth-order valence-corrected chi connectivity index (χ4v) is 4.45. The summed E-state index contributed by atoms with van der Waals surface area (Å²) in [5.41, 5.74) is 0.855. The molecule has 0 fully saturated rings. The molecule has 0 unspecified atom stereocenters. The minimum Gasteiger partial charge on any atom is -0.497 e. The van der Waals surface area contributed by atoms with Crippen molar-refractivity contribution < 1.29 is 17.9 Å². The lowest BCUT2D eigenvalue weighted by atomic mass is 10.1. The third kappa shape index (κ3) is 4.56. The average molecular weight is 368 g/mol. The molecule has 2 aromatic rings. The van der Waals surface area contributed by atoms with Gasteiger partial charge in [0.05, 0.1) is 20.1 Å². The Balaban J connectivity index is 1.94. The Morgan fingerprint density at radius 3 is 2.67 bits per heavy atom. The van der Waals surface area contributed by atoms with Gasteiger partial charge in [0, 0.05) is 19.0 Å². The topological polar surface area (TPSA) is 75.7 Å². The van der Waals surface area contributed by atoms with Gasteiger partial charge in [-0.25, -0.2) is 12.7 Å². The number of hydrogen-bond acceptors (Lipinski definition) is 5. The maximum atomic E-state index is 12.0. The lowest BCUT2D eigenvalue weighted by Crippen LogP contribution is -2.24. The predicted molar refractivity (Wildman–Crippen MR) is 93.7 cm³/mol. The molecular weight excluding hydrogens is 348 g/mol. The van der Waals surface area contributed by atoms with Gasteiger partial charge in [0.1, 0.15) is 9.96 Å². The number of nitrogens with one attached hydrogen (secondary N) is 1. The number of nitrogens with zero attached hydrogens (tertiary/aromatic N) is 1. The van der Waals surface area contributed by atoms with Crippen LogP contribution in [0.15, 0.2) is 40.6 Å². The van der Waals surface area contributed by atoms with E-state index in [1.54, 1.807) is 19.2 Å². The van der Waals surface area contributed by atoms with Crippen LogP contribution in [0.3, 0.4) is 0 Å². The molecule has 1 heterocycles. The molecule has 0 aliphatic rings. The molecule has 0 aliphatic carbocycles. The predicted octanol–water partition coefficient (Wildman–Crippen LogP) is 1.87. The van der Waals surface area contributed by atoms with E-state index in [0.717, 1.165) is 21.8 Å². The first-order valence-electron chi connectivity index (χ1n) is 7.24. The van der Waals surface area contributed by atoms with Gasteiger partial charge in [0.2, 0.25) is 5.91 Å². The number of carbonyl (C=O) groups excluding carboxylic acids is 1. The van der Waals surface area contributed by atoms with Crippen molar-refractivity contribution in [2.45, 2.75) is 17.2 Å². The molecule has 0 atom stereocenters. The summed E-state index contributed by atoms with van der Waals surface area (Å²) in [5, 5.41) is 2.80. The first-order valence-corrected chi connectivity index (χ1v) is 9.49. The van der Waals surface area contributed by atoms with Crippen LogP contribution in [-0.4, -0.2) is 39.8 Å². The Morgan fingerprint density at radius 2 is 2.00 bits per heavy atom. The fourth-order valence-electron chi connectivity index (χ4n) is 1.99. The third-order valence-electron chi connectivity index (χ3n) is 3.33. The molecule has 130 valence electrons. The van der Waals surface area contributed by atoms with E-state index in [1.165, 1.54) is 18.4 Å². The largest absolute Gasteiger partial charge is 0.497 e. The zero-order chi connectivity index (χ0) is 17.7. The van der Waals surface area contributed by atoms with Crippen molar-refractivity contribution in [1.82, 2.24) is 9.62 Å². The first-order chi connectivity index (χ1) is 11.3. The third-order valence-corrected chi connectivity index (χ3v) is 6.70. The number of amides is 1. The number of sulfonamides is 1. The van der Waals surface area contributed by atoms with E-state index < -0.39 is 10.0 Å². The maximum Gasteiger partial charge on any atom is 0.252 e. The standard InChI is InChI=1S/C16H20N2O4S2/c1-18(2)24(20,21)16-8-7-14(23-16)11-17-15(19)10-12-5-4-6-13(9-12)22-3/h4-9H,10-11H2,1-3H3,(H,17,19). The van der Waals surface area contributed by atoms with E-state index in [-0.39, 0.29) is 16.5 Å². The number of carbonyl (C=O) groups is 1. The van der Waals surface area contributed by atoms with Crippen LogP contribution in [-0.2, 0) is 27.8 Å². The monoisotopic (exact) mass is 368 g/mol. The van der Waals surface area contributed by atoms with Crippen LogP contribution in [0.5, 0.6) is 5.75 Å². The molecule has 0 aliphatic heterocycles. The van der Waals surface area contributed by atoms with Gasteiger partial charge in [-0.2, -0.15) is 0 Å². The highest BCUT2D eigenvalue weighted by molar-refractivity contribution is 7.91. The summed E-state index contributed by atoms with van der Waals surface area (Å²) >= 11 is 1.16. The molecule has 1 aromatic carbocycles. The second kappa shape index (κ2) is 7.78. The summed E-state index contributed by atoms with van der Waals surface area (Å²) in [4.78, 5) is 12.8. The molecule has 0 saturated heterocycles. The van der Waals surface area contributed by atoms with E-state index in [4.69, 9.17) is 4.74 Å². The summed E-state index contributed by atoms with van der Waals surface area (Å²) in [6.07, 6.45) is 0.241. The van der Waals surface area contributed by atoms with Crippen LogP contribution in [0, 0.1) is 0 Å². The summed E-state index contributed by atoms with van der Waals surface area (Å²) in [6.45, 7) is 0.302. The van der Waals surface area contributed by atoms with Crippen LogP contribution in [0.2, 0.25) is 0 Å². The second-order valence-electron chi connectivity index (χ2n) is 5.31. The van der Waals surface area contributed by atoms with Crippen LogP contribution in [0.25, 0.3) is 0 Å². The number of thiophene rings is 1. The Kier molecular flexibility index (Phi) is 5.98.